The standard InChI is InChI=1S/C30H38N2O7/c1-29(2,3)39-28(34)32-24(18-38-30(32,4)5)26(33)23-16-21-22(31-23)14-20(27-35-12-9-13-36-27)15-25(21)37-17-19-10-7-6-8-11-19/h6-8,10-11,14-16,24,26-27,31,33H,9,12-13,17-18H2,1-5H3/t24-,26+/m0/s1. The Morgan fingerprint density at radius 3 is 2.56 bits per heavy atom. The van der Waals surface area contributed by atoms with Crippen LogP contribution in [0.4, 0.5) is 4.79 Å². The molecular weight excluding hydrogens is 500 g/mol. The van der Waals surface area contributed by atoms with Crippen LogP contribution in [0.2, 0.25) is 0 Å². The Labute approximate surface area is 228 Å². The molecular formula is C30H38N2O7. The average molecular weight is 539 g/mol. The highest BCUT2D eigenvalue weighted by Crippen LogP contribution is 2.39. The number of ether oxygens (including phenoxy) is 5. The number of amides is 1. The van der Waals surface area contributed by atoms with E-state index in [0.29, 0.717) is 31.3 Å². The normalized spacial score (nSPS) is 20.8. The molecule has 1 aromatic heterocycles. The monoisotopic (exact) mass is 538 g/mol. The average Bonchev–Trinajstić information content (AvgIpc) is 3.47. The fraction of sp³-hybridized carbons (Fsp3) is 0.500. The van der Waals surface area contributed by atoms with Gasteiger partial charge in [0, 0.05) is 22.2 Å². The van der Waals surface area contributed by atoms with Crippen molar-refractivity contribution in [3.05, 3.63) is 65.4 Å². The van der Waals surface area contributed by atoms with Crippen LogP contribution < -0.4 is 4.74 Å². The maximum Gasteiger partial charge on any atom is 0.413 e. The number of aliphatic hydroxyl groups excluding tert-OH is 1. The van der Waals surface area contributed by atoms with Gasteiger partial charge in [-0.15, -0.1) is 0 Å². The second-order valence-corrected chi connectivity index (χ2v) is 11.5. The molecule has 0 aliphatic carbocycles. The summed E-state index contributed by atoms with van der Waals surface area (Å²) < 4.78 is 29.6. The number of nitrogens with zero attached hydrogens (tertiary/aromatic N) is 1. The maximum absolute atomic E-state index is 13.1. The molecule has 0 unspecified atom stereocenters. The lowest BCUT2D eigenvalue weighted by Gasteiger charge is -2.36. The maximum atomic E-state index is 13.1. The highest BCUT2D eigenvalue weighted by atomic mass is 16.7. The molecule has 9 heteroatoms. The number of benzene rings is 2. The molecule has 210 valence electrons. The van der Waals surface area contributed by atoms with Crippen LogP contribution in [0, 0.1) is 0 Å². The third-order valence-corrected chi connectivity index (χ3v) is 6.87. The van der Waals surface area contributed by atoms with Crippen LogP contribution >= 0.6 is 0 Å². The number of aromatic amines is 1. The summed E-state index contributed by atoms with van der Waals surface area (Å²) in [7, 11) is 0. The summed E-state index contributed by atoms with van der Waals surface area (Å²) in [6.45, 7) is 10.8. The van der Waals surface area contributed by atoms with Crippen LogP contribution in [-0.2, 0) is 25.6 Å². The fourth-order valence-electron chi connectivity index (χ4n) is 5.02. The van der Waals surface area contributed by atoms with E-state index in [1.807, 2.05) is 69.3 Å². The Bertz CT molecular complexity index is 1290. The SMILES string of the molecule is CC(C)(C)OC(=O)N1[C@H]([C@H](O)c2cc3c(OCc4ccccc4)cc(C4OCCCO4)cc3[nH]2)COC1(C)C. The van der Waals surface area contributed by atoms with Gasteiger partial charge in [0.25, 0.3) is 0 Å². The van der Waals surface area contributed by atoms with E-state index in [0.717, 1.165) is 28.5 Å². The van der Waals surface area contributed by atoms with Crippen molar-refractivity contribution in [1.82, 2.24) is 9.88 Å². The predicted molar refractivity (Wildman–Crippen MR) is 145 cm³/mol. The van der Waals surface area contributed by atoms with Crippen molar-refractivity contribution < 1.29 is 33.6 Å². The van der Waals surface area contributed by atoms with Crippen LogP contribution in [-0.4, -0.2) is 58.3 Å². The van der Waals surface area contributed by atoms with E-state index < -0.39 is 35.9 Å². The van der Waals surface area contributed by atoms with Gasteiger partial charge in [-0.05, 0) is 64.8 Å². The molecule has 1 amide bonds. The van der Waals surface area contributed by atoms with Gasteiger partial charge < -0.3 is 33.8 Å². The molecule has 39 heavy (non-hydrogen) atoms. The summed E-state index contributed by atoms with van der Waals surface area (Å²) in [6.07, 6.45) is -1.24. The number of aromatic nitrogens is 1. The molecule has 5 rings (SSSR count). The number of hydrogen-bond acceptors (Lipinski definition) is 7. The first-order valence-electron chi connectivity index (χ1n) is 13.4. The van der Waals surface area contributed by atoms with Crippen LogP contribution in [0.3, 0.4) is 0 Å². The van der Waals surface area contributed by atoms with Crippen molar-refractivity contribution in [3.63, 3.8) is 0 Å². The molecule has 2 aliphatic rings. The van der Waals surface area contributed by atoms with Gasteiger partial charge in [0.2, 0.25) is 0 Å². The third kappa shape index (κ3) is 6.06. The molecule has 2 N–H and O–H groups in total. The van der Waals surface area contributed by atoms with Crippen LogP contribution in [0.15, 0.2) is 48.5 Å². The smallest absolute Gasteiger partial charge is 0.413 e. The van der Waals surface area contributed by atoms with Gasteiger partial charge in [0.05, 0.1) is 25.9 Å². The van der Waals surface area contributed by atoms with Gasteiger partial charge in [-0.3, -0.25) is 4.90 Å². The second-order valence-electron chi connectivity index (χ2n) is 11.5. The van der Waals surface area contributed by atoms with Crippen molar-refractivity contribution >= 4 is 17.0 Å². The topological polar surface area (TPSA) is 102 Å². The number of rotatable bonds is 6. The molecule has 2 saturated heterocycles. The Morgan fingerprint density at radius 1 is 1.15 bits per heavy atom. The highest BCUT2D eigenvalue weighted by molar-refractivity contribution is 5.88. The van der Waals surface area contributed by atoms with Gasteiger partial charge in [-0.25, -0.2) is 4.79 Å². The second kappa shape index (κ2) is 10.8. The Hall–Kier alpha value is -3.11. The van der Waals surface area contributed by atoms with Crippen LogP contribution in [0.5, 0.6) is 5.75 Å². The summed E-state index contributed by atoms with van der Waals surface area (Å²) in [5.41, 5.74) is 1.55. The largest absolute Gasteiger partial charge is 0.488 e. The summed E-state index contributed by atoms with van der Waals surface area (Å²) in [6, 6.07) is 15.0. The van der Waals surface area contributed by atoms with Gasteiger partial charge in [0.15, 0.2) is 6.29 Å². The first-order valence-corrected chi connectivity index (χ1v) is 13.4. The number of hydrogen-bond donors (Lipinski definition) is 2. The van der Waals surface area contributed by atoms with Gasteiger partial charge in [-0.2, -0.15) is 0 Å². The predicted octanol–water partition coefficient (Wildman–Crippen LogP) is 5.59. The van der Waals surface area contributed by atoms with E-state index in [-0.39, 0.29) is 6.61 Å². The minimum absolute atomic E-state index is 0.162. The lowest BCUT2D eigenvalue weighted by Crippen LogP contribution is -2.51. The molecule has 0 bridgehead atoms. The summed E-state index contributed by atoms with van der Waals surface area (Å²) in [4.78, 5) is 18.0. The highest BCUT2D eigenvalue weighted by Gasteiger charge is 2.49. The van der Waals surface area contributed by atoms with Gasteiger partial charge >= 0.3 is 6.09 Å². The number of nitrogens with one attached hydrogen (secondary N) is 1. The van der Waals surface area contributed by atoms with E-state index in [9.17, 15) is 9.90 Å². The Balaban J connectivity index is 1.47. The molecule has 2 aliphatic heterocycles. The number of aliphatic hydroxyl groups is 1. The number of fused-ring (bicyclic) bond motifs is 1. The molecule has 3 aromatic rings. The lowest BCUT2D eigenvalue weighted by molar-refractivity contribution is -0.183. The van der Waals surface area contributed by atoms with E-state index in [4.69, 9.17) is 23.7 Å². The summed E-state index contributed by atoms with van der Waals surface area (Å²) in [5, 5.41) is 12.3. The van der Waals surface area contributed by atoms with Crippen LogP contribution in [0.25, 0.3) is 10.9 Å². The zero-order valence-electron chi connectivity index (χ0n) is 23.2. The van der Waals surface area contributed by atoms with Crippen molar-refractivity contribution in [1.29, 1.82) is 0 Å². The fourth-order valence-corrected chi connectivity index (χ4v) is 5.02. The molecule has 0 saturated carbocycles. The minimum atomic E-state index is -1.06. The van der Waals surface area contributed by atoms with Gasteiger partial charge in [-0.1, -0.05) is 30.3 Å². The number of H-pyrrole nitrogens is 1. The molecule has 2 atom stereocenters. The Kier molecular flexibility index (Phi) is 7.61. The van der Waals surface area contributed by atoms with Crippen molar-refractivity contribution in [2.24, 2.45) is 0 Å². The number of carbonyl (C=O) groups is 1. The number of carbonyl (C=O) groups excluding carboxylic acids is 1. The quantitative estimate of drug-likeness (QED) is 0.422. The zero-order valence-corrected chi connectivity index (χ0v) is 23.2. The van der Waals surface area contributed by atoms with Crippen molar-refractivity contribution in [2.45, 2.75) is 77.4 Å². The van der Waals surface area contributed by atoms with Crippen LogP contribution in [0.1, 0.15) is 70.3 Å². The Morgan fingerprint density at radius 2 is 1.87 bits per heavy atom. The third-order valence-electron chi connectivity index (χ3n) is 6.87. The van der Waals surface area contributed by atoms with E-state index in [1.165, 1.54) is 4.90 Å². The minimum Gasteiger partial charge on any atom is -0.488 e. The molecule has 2 aromatic carbocycles. The van der Waals surface area contributed by atoms with Gasteiger partial charge in [0.1, 0.15) is 29.8 Å². The first-order chi connectivity index (χ1) is 18.5. The van der Waals surface area contributed by atoms with Crippen molar-refractivity contribution in [3.8, 4) is 5.75 Å². The molecule has 0 spiro atoms. The molecule has 9 nitrogen and oxygen atoms in total. The first kappa shape index (κ1) is 27.5. The molecule has 2 fully saturated rings. The summed E-state index contributed by atoms with van der Waals surface area (Å²) >= 11 is 0. The van der Waals surface area contributed by atoms with E-state index >= 15 is 0 Å². The zero-order chi connectivity index (χ0) is 27.8. The summed E-state index contributed by atoms with van der Waals surface area (Å²) in [5.74, 6) is 0.644. The van der Waals surface area contributed by atoms with Crippen molar-refractivity contribution in [2.75, 3.05) is 19.8 Å². The van der Waals surface area contributed by atoms with E-state index in [2.05, 4.69) is 4.98 Å². The molecule has 3 heterocycles. The van der Waals surface area contributed by atoms with E-state index in [1.54, 1.807) is 13.8 Å². The lowest BCUT2D eigenvalue weighted by atomic mass is 10.1. The molecule has 0 radical (unpaired) electrons.